The number of nitrogens with zero attached hydrogens (tertiary/aromatic N) is 6. The summed E-state index contributed by atoms with van der Waals surface area (Å²) in [5, 5.41) is 12.4. The smallest absolute Gasteiger partial charge is 0.257 e. The topological polar surface area (TPSA) is 79.8 Å². The monoisotopic (exact) mass is 380 g/mol. The second-order valence-corrected chi connectivity index (χ2v) is 7.69. The second-order valence-electron chi connectivity index (χ2n) is 7.69. The molecule has 2 aliphatic rings. The number of aromatic nitrogens is 4. The molecule has 0 radical (unpaired) electrons. The van der Waals surface area contributed by atoms with Crippen molar-refractivity contribution in [3.63, 3.8) is 0 Å². The van der Waals surface area contributed by atoms with Crippen molar-refractivity contribution in [2.45, 2.75) is 38.5 Å². The number of pyridine rings is 1. The minimum Gasteiger partial charge on any atom is -0.425 e. The van der Waals surface area contributed by atoms with Gasteiger partial charge < -0.3 is 14.2 Å². The molecule has 28 heavy (non-hydrogen) atoms. The van der Waals surface area contributed by atoms with Gasteiger partial charge in [-0.05, 0) is 37.8 Å². The molecule has 3 aromatic heterocycles. The SMILES string of the molecule is Cc1nnc(C2CCN(C(=O)c3cnn4ccc(N5CCCC5)cc34)CC2)o1. The van der Waals surface area contributed by atoms with Crippen molar-refractivity contribution in [3.05, 3.63) is 41.9 Å². The van der Waals surface area contributed by atoms with Gasteiger partial charge in [0.25, 0.3) is 5.91 Å². The molecule has 3 aromatic rings. The Kier molecular flexibility index (Phi) is 4.26. The van der Waals surface area contributed by atoms with Gasteiger partial charge in [0.05, 0.1) is 17.3 Å². The molecule has 8 heteroatoms. The molecule has 0 atom stereocenters. The molecular weight excluding hydrogens is 356 g/mol. The zero-order valence-corrected chi connectivity index (χ0v) is 16.0. The average Bonchev–Trinajstić information content (AvgIpc) is 3.47. The van der Waals surface area contributed by atoms with Crippen LogP contribution in [0.5, 0.6) is 0 Å². The Hall–Kier alpha value is -2.90. The summed E-state index contributed by atoms with van der Waals surface area (Å²) in [6.45, 7) is 5.34. The molecule has 5 rings (SSSR count). The van der Waals surface area contributed by atoms with E-state index in [9.17, 15) is 4.79 Å². The van der Waals surface area contributed by atoms with E-state index in [1.54, 1.807) is 17.6 Å². The lowest BCUT2D eigenvalue weighted by atomic mass is 9.96. The summed E-state index contributed by atoms with van der Waals surface area (Å²) in [5.41, 5.74) is 2.72. The lowest BCUT2D eigenvalue weighted by molar-refractivity contribution is 0.0708. The molecule has 1 amide bonds. The molecule has 0 unspecified atom stereocenters. The molecule has 2 fully saturated rings. The molecule has 8 nitrogen and oxygen atoms in total. The molecule has 0 bridgehead atoms. The van der Waals surface area contributed by atoms with Gasteiger partial charge in [-0.3, -0.25) is 4.79 Å². The minimum absolute atomic E-state index is 0.0498. The molecule has 0 saturated carbocycles. The van der Waals surface area contributed by atoms with Crippen LogP contribution < -0.4 is 4.90 Å². The lowest BCUT2D eigenvalue weighted by Gasteiger charge is -2.30. The Balaban J connectivity index is 1.34. The van der Waals surface area contributed by atoms with Crippen molar-refractivity contribution >= 4 is 17.1 Å². The number of hydrogen-bond acceptors (Lipinski definition) is 6. The number of aryl methyl sites for hydroxylation is 1. The molecule has 2 saturated heterocycles. The number of amides is 1. The predicted molar refractivity (Wildman–Crippen MR) is 104 cm³/mol. The van der Waals surface area contributed by atoms with Crippen molar-refractivity contribution in [1.82, 2.24) is 24.7 Å². The van der Waals surface area contributed by atoms with Gasteiger partial charge in [0.15, 0.2) is 0 Å². The predicted octanol–water partition coefficient (Wildman–Crippen LogP) is 2.65. The van der Waals surface area contributed by atoms with Gasteiger partial charge in [-0.15, -0.1) is 10.2 Å². The van der Waals surface area contributed by atoms with E-state index in [2.05, 4.69) is 32.3 Å². The minimum atomic E-state index is 0.0498. The third-order valence-electron chi connectivity index (χ3n) is 5.88. The van der Waals surface area contributed by atoms with Crippen LogP contribution in [0.4, 0.5) is 5.69 Å². The van der Waals surface area contributed by atoms with E-state index in [0.29, 0.717) is 30.4 Å². The van der Waals surface area contributed by atoms with Crippen molar-refractivity contribution in [2.24, 2.45) is 0 Å². The summed E-state index contributed by atoms with van der Waals surface area (Å²) < 4.78 is 7.36. The van der Waals surface area contributed by atoms with Gasteiger partial charge in [0.1, 0.15) is 0 Å². The van der Waals surface area contributed by atoms with Crippen LogP contribution in [0, 0.1) is 6.92 Å². The number of carbonyl (C=O) groups excluding carboxylic acids is 1. The normalized spacial score (nSPS) is 18.3. The van der Waals surface area contributed by atoms with Gasteiger partial charge >= 0.3 is 0 Å². The Morgan fingerprint density at radius 3 is 2.64 bits per heavy atom. The summed E-state index contributed by atoms with van der Waals surface area (Å²) in [6.07, 6.45) is 7.77. The summed E-state index contributed by atoms with van der Waals surface area (Å²) in [6, 6.07) is 4.18. The summed E-state index contributed by atoms with van der Waals surface area (Å²) in [5.74, 6) is 1.56. The zero-order valence-electron chi connectivity index (χ0n) is 16.0. The average molecular weight is 380 g/mol. The Labute approximate surface area is 163 Å². The van der Waals surface area contributed by atoms with E-state index < -0.39 is 0 Å². The number of likely N-dealkylation sites (tertiary alicyclic amines) is 1. The number of fused-ring (bicyclic) bond motifs is 1. The van der Waals surface area contributed by atoms with Crippen LogP contribution in [0.3, 0.4) is 0 Å². The molecule has 5 heterocycles. The highest BCUT2D eigenvalue weighted by Gasteiger charge is 2.29. The highest BCUT2D eigenvalue weighted by atomic mass is 16.4. The fraction of sp³-hybridized carbons (Fsp3) is 0.500. The van der Waals surface area contributed by atoms with Gasteiger partial charge in [-0.2, -0.15) is 5.10 Å². The fourth-order valence-electron chi connectivity index (χ4n) is 4.28. The van der Waals surface area contributed by atoms with E-state index in [1.807, 2.05) is 11.1 Å². The molecule has 0 spiro atoms. The maximum absolute atomic E-state index is 13.2. The number of hydrogen-bond donors (Lipinski definition) is 0. The molecule has 2 aliphatic heterocycles. The number of piperidine rings is 1. The third kappa shape index (κ3) is 3.02. The third-order valence-corrected chi connectivity index (χ3v) is 5.88. The van der Waals surface area contributed by atoms with Crippen LogP contribution in [-0.4, -0.2) is 56.8 Å². The Morgan fingerprint density at radius 2 is 1.93 bits per heavy atom. The first-order valence-electron chi connectivity index (χ1n) is 10.0. The van der Waals surface area contributed by atoms with Gasteiger partial charge in [0.2, 0.25) is 11.8 Å². The molecular formula is C20H24N6O2. The van der Waals surface area contributed by atoms with E-state index in [-0.39, 0.29) is 11.8 Å². The molecule has 146 valence electrons. The van der Waals surface area contributed by atoms with Gasteiger partial charge in [-0.25, -0.2) is 4.52 Å². The molecule has 0 aromatic carbocycles. The van der Waals surface area contributed by atoms with Crippen molar-refractivity contribution < 1.29 is 9.21 Å². The van der Waals surface area contributed by atoms with Crippen LogP contribution >= 0.6 is 0 Å². The largest absolute Gasteiger partial charge is 0.425 e. The zero-order chi connectivity index (χ0) is 19.1. The standard InChI is InChI=1S/C20H24N6O2/c1-14-22-23-19(28-14)15-4-9-25(10-5-15)20(27)17-13-21-26-11-6-16(12-18(17)26)24-7-2-3-8-24/h6,11-13,15H,2-5,7-10H2,1H3. The maximum atomic E-state index is 13.2. The number of rotatable bonds is 3. The van der Waals surface area contributed by atoms with Crippen LogP contribution in [-0.2, 0) is 0 Å². The fourth-order valence-corrected chi connectivity index (χ4v) is 4.28. The van der Waals surface area contributed by atoms with Crippen molar-refractivity contribution in [2.75, 3.05) is 31.1 Å². The van der Waals surface area contributed by atoms with E-state index in [0.717, 1.165) is 31.4 Å². The van der Waals surface area contributed by atoms with Crippen molar-refractivity contribution in [1.29, 1.82) is 0 Å². The van der Waals surface area contributed by atoms with Crippen LogP contribution in [0.1, 0.15) is 53.7 Å². The first-order chi connectivity index (χ1) is 13.7. The van der Waals surface area contributed by atoms with Crippen molar-refractivity contribution in [3.8, 4) is 0 Å². The Bertz CT molecular complexity index is 995. The number of anilines is 1. The first kappa shape index (κ1) is 17.2. The Morgan fingerprint density at radius 1 is 1.14 bits per heavy atom. The molecule has 0 aliphatic carbocycles. The number of carbonyl (C=O) groups is 1. The first-order valence-corrected chi connectivity index (χ1v) is 10.0. The highest BCUT2D eigenvalue weighted by molar-refractivity contribution is 6.01. The molecule has 0 N–H and O–H groups in total. The van der Waals surface area contributed by atoms with Crippen LogP contribution in [0.25, 0.3) is 5.52 Å². The van der Waals surface area contributed by atoms with Gasteiger partial charge in [0, 0.05) is 50.9 Å². The summed E-state index contributed by atoms with van der Waals surface area (Å²) in [4.78, 5) is 17.5. The highest BCUT2D eigenvalue weighted by Crippen LogP contribution is 2.29. The van der Waals surface area contributed by atoms with E-state index >= 15 is 0 Å². The summed E-state index contributed by atoms with van der Waals surface area (Å²) in [7, 11) is 0. The second kappa shape index (κ2) is 6.92. The lowest BCUT2D eigenvalue weighted by Crippen LogP contribution is -2.38. The maximum Gasteiger partial charge on any atom is 0.257 e. The quantitative estimate of drug-likeness (QED) is 0.695. The van der Waals surface area contributed by atoms with Crippen LogP contribution in [0.2, 0.25) is 0 Å². The van der Waals surface area contributed by atoms with E-state index in [4.69, 9.17) is 4.42 Å². The van der Waals surface area contributed by atoms with E-state index in [1.165, 1.54) is 18.5 Å². The van der Waals surface area contributed by atoms with Gasteiger partial charge in [-0.1, -0.05) is 0 Å². The van der Waals surface area contributed by atoms with Crippen LogP contribution in [0.15, 0.2) is 28.9 Å². The summed E-state index contributed by atoms with van der Waals surface area (Å²) >= 11 is 0.